The first-order chi connectivity index (χ1) is 11.1. The van der Waals surface area contributed by atoms with Crippen LogP contribution in [0, 0.1) is 12.8 Å². The third-order valence-corrected chi connectivity index (χ3v) is 4.43. The van der Waals surface area contributed by atoms with Crippen molar-refractivity contribution in [1.29, 1.82) is 0 Å². The van der Waals surface area contributed by atoms with Crippen molar-refractivity contribution in [3.63, 3.8) is 0 Å². The summed E-state index contributed by atoms with van der Waals surface area (Å²) < 4.78 is 11.1. The molecule has 0 spiro atoms. The number of nitrogens with zero attached hydrogens (tertiary/aromatic N) is 1. The molecule has 1 fully saturated rings. The molecule has 0 aliphatic carbocycles. The third kappa shape index (κ3) is 2.54. The topological polar surface area (TPSA) is 71.8 Å². The lowest BCUT2D eigenvalue weighted by Gasteiger charge is -2.15. The number of furan rings is 1. The number of nitrogens with one attached hydrogen (secondary N) is 1. The van der Waals surface area contributed by atoms with Gasteiger partial charge in [0.2, 0.25) is 5.91 Å². The van der Waals surface area contributed by atoms with Gasteiger partial charge in [-0.15, -0.1) is 0 Å². The Bertz CT molecular complexity index is 765. The molecule has 2 aromatic rings. The molecule has 1 atom stereocenters. The Balaban J connectivity index is 1.90. The van der Waals surface area contributed by atoms with Crippen LogP contribution in [0.1, 0.15) is 22.5 Å². The summed E-state index contributed by atoms with van der Waals surface area (Å²) >= 11 is 0. The minimum absolute atomic E-state index is 0.0247. The first-order valence-electron chi connectivity index (χ1n) is 7.63. The lowest BCUT2D eigenvalue weighted by molar-refractivity contribution is -0.124. The number of hydrogen-bond donors (Lipinski definition) is 1. The Labute approximate surface area is 134 Å². The van der Waals surface area contributed by atoms with Crippen molar-refractivity contribution in [3.05, 3.63) is 29.5 Å². The number of carbonyl (C=O) groups is 2. The normalized spacial score (nSPS) is 17.5. The Morgan fingerprint density at radius 2 is 2.17 bits per heavy atom. The first kappa shape index (κ1) is 15.4. The van der Waals surface area contributed by atoms with E-state index in [4.69, 9.17) is 9.15 Å². The SMILES string of the molecule is CNC(=O)C1CCN(C(=O)c2oc3c(OC)cccc3c2C)C1. The number of aryl methyl sites for hydroxylation is 1. The van der Waals surface area contributed by atoms with Gasteiger partial charge in [-0.2, -0.15) is 0 Å². The molecule has 3 rings (SSSR count). The smallest absolute Gasteiger partial charge is 0.289 e. The minimum Gasteiger partial charge on any atom is -0.493 e. The zero-order valence-electron chi connectivity index (χ0n) is 13.5. The molecule has 0 bridgehead atoms. The van der Waals surface area contributed by atoms with Gasteiger partial charge in [0.25, 0.3) is 5.91 Å². The predicted molar refractivity (Wildman–Crippen MR) is 85.6 cm³/mol. The van der Waals surface area contributed by atoms with Crippen LogP contribution in [0.5, 0.6) is 5.75 Å². The van der Waals surface area contributed by atoms with Crippen LogP contribution in [0.4, 0.5) is 0 Å². The summed E-state index contributed by atoms with van der Waals surface area (Å²) in [5.41, 5.74) is 1.38. The fraction of sp³-hybridized carbons (Fsp3) is 0.412. The van der Waals surface area contributed by atoms with Crippen LogP contribution in [-0.4, -0.2) is 44.0 Å². The monoisotopic (exact) mass is 316 g/mol. The maximum absolute atomic E-state index is 12.8. The summed E-state index contributed by atoms with van der Waals surface area (Å²) in [5.74, 6) is 0.579. The highest BCUT2D eigenvalue weighted by Gasteiger charge is 2.33. The van der Waals surface area contributed by atoms with E-state index in [1.165, 1.54) is 0 Å². The molecule has 23 heavy (non-hydrogen) atoms. The van der Waals surface area contributed by atoms with Gasteiger partial charge in [-0.05, 0) is 19.4 Å². The van der Waals surface area contributed by atoms with E-state index in [2.05, 4.69) is 5.32 Å². The Hall–Kier alpha value is -2.50. The average molecular weight is 316 g/mol. The second-order valence-corrected chi connectivity index (χ2v) is 5.74. The van der Waals surface area contributed by atoms with Gasteiger partial charge in [-0.25, -0.2) is 0 Å². The molecule has 0 radical (unpaired) electrons. The van der Waals surface area contributed by atoms with Crippen molar-refractivity contribution in [2.45, 2.75) is 13.3 Å². The van der Waals surface area contributed by atoms with Crippen LogP contribution >= 0.6 is 0 Å². The summed E-state index contributed by atoms with van der Waals surface area (Å²) in [5, 5.41) is 3.51. The number of likely N-dealkylation sites (tertiary alicyclic amines) is 1. The molecular weight excluding hydrogens is 296 g/mol. The quantitative estimate of drug-likeness (QED) is 0.939. The van der Waals surface area contributed by atoms with Crippen LogP contribution in [-0.2, 0) is 4.79 Å². The van der Waals surface area contributed by atoms with E-state index in [1.54, 1.807) is 25.1 Å². The summed E-state index contributed by atoms with van der Waals surface area (Å²) in [6, 6.07) is 5.58. The lowest BCUT2D eigenvalue weighted by Crippen LogP contribution is -2.33. The van der Waals surface area contributed by atoms with E-state index < -0.39 is 0 Å². The largest absolute Gasteiger partial charge is 0.493 e. The lowest BCUT2D eigenvalue weighted by atomic mass is 10.1. The van der Waals surface area contributed by atoms with Crippen molar-refractivity contribution in [3.8, 4) is 5.75 Å². The van der Waals surface area contributed by atoms with Crippen LogP contribution in [0.25, 0.3) is 11.0 Å². The number of para-hydroxylation sites is 1. The summed E-state index contributed by atoms with van der Waals surface area (Å²) in [4.78, 5) is 26.2. The summed E-state index contributed by atoms with van der Waals surface area (Å²) in [6.07, 6.45) is 0.675. The zero-order valence-corrected chi connectivity index (χ0v) is 13.5. The van der Waals surface area contributed by atoms with Gasteiger partial charge in [0.1, 0.15) is 0 Å². The Kier molecular flexibility index (Phi) is 3.98. The molecule has 2 heterocycles. The standard InChI is InChI=1S/C17H20N2O4/c1-10-12-5-4-6-13(22-3)15(12)23-14(10)17(21)19-8-7-11(9-19)16(20)18-2/h4-6,11H,7-9H2,1-3H3,(H,18,20). The Morgan fingerprint density at radius 3 is 2.87 bits per heavy atom. The number of amides is 2. The number of carbonyl (C=O) groups excluding carboxylic acids is 2. The maximum Gasteiger partial charge on any atom is 0.289 e. The summed E-state index contributed by atoms with van der Waals surface area (Å²) in [6.45, 7) is 2.85. The highest BCUT2D eigenvalue weighted by molar-refractivity contribution is 6.00. The van der Waals surface area contributed by atoms with Crippen LogP contribution in [0.3, 0.4) is 0 Å². The molecule has 1 aliphatic heterocycles. The number of rotatable bonds is 3. The molecule has 2 amide bonds. The molecule has 1 aliphatic rings. The molecular formula is C17H20N2O4. The van der Waals surface area contributed by atoms with Crippen molar-refractivity contribution in [2.24, 2.45) is 5.92 Å². The van der Waals surface area contributed by atoms with Gasteiger partial charge in [-0.3, -0.25) is 9.59 Å². The molecule has 6 nitrogen and oxygen atoms in total. The fourth-order valence-electron chi connectivity index (χ4n) is 3.09. The highest BCUT2D eigenvalue weighted by atomic mass is 16.5. The second kappa shape index (κ2) is 5.95. The van der Waals surface area contributed by atoms with E-state index >= 15 is 0 Å². The fourth-order valence-corrected chi connectivity index (χ4v) is 3.09. The molecule has 122 valence electrons. The molecule has 1 saturated heterocycles. The number of methoxy groups -OCH3 is 1. The number of hydrogen-bond acceptors (Lipinski definition) is 4. The van der Waals surface area contributed by atoms with Crippen molar-refractivity contribution < 1.29 is 18.7 Å². The van der Waals surface area contributed by atoms with Crippen molar-refractivity contribution in [1.82, 2.24) is 10.2 Å². The van der Waals surface area contributed by atoms with Crippen LogP contribution < -0.4 is 10.1 Å². The second-order valence-electron chi connectivity index (χ2n) is 5.74. The minimum atomic E-state index is -0.174. The molecule has 0 saturated carbocycles. The molecule has 1 unspecified atom stereocenters. The van der Waals surface area contributed by atoms with E-state index in [-0.39, 0.29) is 17.7 Å². The van der Waals surface area contributed by atoms with E-state index in [0.29, 0.717) is 36.6 Å². The average Bonchev–Trinajstić information content (AvgIpc) is 3.19. The molecule has 1 aromatic carbocycles. The predicted octanol–water partition coefficient (Wildman–Crippen LogP) is 1.96. The van der Waals surface area contributed by atoms with Gasteiger partial charge >= 0.3 is 0 Å². The zero-order chi connectivity index (χ0) is 16.6. The van der Waals surface area contributed by atoms with E-state index in [0.717, 1.165) is 10.9 Å². The number of fused-ring (bicyclic) bond motifs is 1. The first-order valence-corrected chi connectivity index (χ1v) is 7.63. The van der Waals surface area contributed by atoms with Crippen LogP contribution in [0.15, 0.2) is 22.6 Å². The van der Waals surface area contributed by atoms with E-state index in [1.807, 2.05) is 19.1 Å². The number of benzene rings is 1. The van der Waals surface area contributed by atoms with Gasteiger partial charge in [0.15, 0.2) is 17.1 Å². The summed E-state index contributed by atoms with van der Waals surface area (Å²) in [7, 11) is 3.19. The van der Waals surface area contributed by atoms with Gasteiger partial charge < -0.3 is 19.4 Å². The molecule has 1 N–H and O–H groups in total. The molecule has 6 heteroatoms. The van der Waals surface area contributed by atoms with Crippen molar-refractivity contribution in [2.75, 3.05) is 27.2 Å². The van der Waals surface area contributed by atoms with Crippen molar-refractivity contribution >= 4 is 22.8 Å². The van der Waals surface area contributed by atoms with Crippen LogP contribution in [0.2, 0.25) is 0 Å². The van der Waals surface area contributed by atoms with Gasteiger partial charge in [0, 0.05) is 31.1 Å². The van der Waals surface area contributed by atoms with E-state index in [9.17, 15) is 9.59 Å². The van der Waals surface area contributed by atoms with Gasteiger partial charge in [0.05, 0.1) is 13.0 Å². The third-order valence-electron chi connectivity index (χ3n) is 4.43. The maximum atomic E-state index is 12.8. The number of ether oxygens (including phenoxy) is 1. The molecule has 1 aromatic heterocycles. The van der Waals surface area contributed by atoms with Gasteiger partial charge in [-0.1, -0.05) is 12.1 Å². The Morgan fingerprint density at radius 1 is 1.39 bits per heavy atom. The highest BCUT2D eigenvalue weighted by Crippen LogP contribution is 2.33.